The molecule has 0 bridgehead atoms. The van der Waals surface area contributed by atoms with Crippen molar-refractivity contribution < 1.29 is 9.69 Å². The third-order valence-corrected chi connectivity index (χ3v) is 1.50. The van der Waals surface area contributed by atoms with Crippen LogP contribution in [0.5, 0.6) is 0 Å². The van der Waals surface area contributed by atoms with E-state index >= 15 is 0 Å². The minimum absolute atomic E-state index is 0.286. The summed E-state index contributed by atoms with van der Waals surface area (Å²) in [6.07, 6.45) is 0. The van der Waals surface area contributed by atoms with Gasteiger partial charge in [0.1, 0.15) is 6.54 Å². The number of rotatable bonds is 4. The van der Waals surface area contributed by atoms with Gasteiger partial charge >= 0.3 is 0 Å². The Kier molecular flexibility index (Phi) is 4.32. The molecule has 0 aliphatic heterocycles. The van der Waals surface area contributed by atoms with Gasteiger partial charge in [0, 0.05) is 6.92 Å². The number of hydrogen-bond donors (Lipinski definition) is 1. The average Bonchev–Trinajstić information content (AvgIpc) is 1.82. The molecule has 0 unspecified atom stereocenters. The molecule has 0 saturated carbocycles. The quantitative estimate of drug-likeness (QED) is 0.544. The topological polar surface area (TPSA) is 21.5 Å². The lowest BCUT2D eigenvalue weighted by atomic mass is 10.4. The molecular formula is C7H16NO+. The molecule has 0 aliphatic rings. The molecule has 0 fully saturated rings. The van der Waals surface area contributed by atoms with Crippen molar-refractivity contribution in [3.63, 3.8) is 0 Å². The second-order valence-electron chi connectivity index (χ2n) is 2.34. The van der Waals surface area contributed by atoms with E-state index < -0.39 is 0 Å². The second-order valence-corrected chi connectivity index (χ2v) is 2.34. The first-order valence-electron chi connectivity index (χ1n) is 3.53. The molecule has 54 valence electrons. The van der Waals surface area contributed by atoms with Gasteiger partial charge in [0.15, 0.2) is 5.78 Å². The summed E-state index contributed by atoms with van der Waals surface area (Å²) in [7, 11) is 0. The SMILES string of the molecule is CC[NH+](CC)CC(C)=O. The summed E-state index contributed by atoms with van der Waals surface area (Å²) in [4.78, 5) is 11.9. The van der Waals surface area contributed by atoms with Crippen molar-refractivity contribution in [1.82, 2.24) is 0 Å². The molecule has 0 rings (SSSR count). The van der Waals surface area contributed by atoms with Crippen molar-refractivity contribution in [3.05, 3.63) is 0 Å². The van der Waals surface area contributed by atoms with E-state index in [1.165, 1.54) is 4.90 Å². The minimum atomic E-state index is 0.286. The summed E-state index contributed by atoms with van der Waals surface area (Å²) >= 11 is 0. The van der Waals surface area contributed by atoms with Crippen LogP contribution in [0, 0.1) is 0 Å². The molecule has 9 heavy (non-hydrogen) atoms. The highest BCUT2D eigenvalue weighted by Gasteiger charge is 2.03. The summed E-state index contributed by atoms with van der Waals surface area (Å²) in [5.41, 5.74) is 0. The van der Waals surface area contributed by atoms with E-state index in [0.717, 1.165) is 13.1 Å². The van der Waals surface area contributed by atoms with Gasteiger partial charge in [0.25, 0.3) is 0 Å². The van der Waals surface area contributed by atoms with Crippen LogP contribution in [0.2, 0.25) is 0 Å². The fraction of sp³-hybridized carbons (Fsp3) is 0.857. The van der Waals surface area contributed by atoms with Gasteiger partial charge in [-0.05, 0) is 13.8 Å². The van der Waals surface area contributed by atoms with Gasteiger partial charge < -0.3 is 4.90 Å². The monoisotopic (exact) mass is 130 g/mol. The lowest BCUT2D eigenvalue weighted by Crippen LogP contribution is -3.12. The highest BCUT2D eigenvalue weighted by molar-refractivity contribution is 5.76. The van der Waals surface area contributed by atoms with Crippen LogP contribution in [0.15, 0.2) is 0 Å². The lowest BCUT2D eigenvalue weighted by molar-refractivity contribution is -0.888. The number of Topliss-reactive ketones (excluding diaryl/α,β-unsaturated/α-hetero) is 1. The normalized spacial score (nSPS) is 10.2. The number of hydrogen-bond acceptors (Lipinski definition) is 1. The van der Waals surface area contributed by atoms with Gasteiger partial charge in [-0.25, -0.2) is 0 Å². The summed E-state index contributed by atoms with van der Waals surface area (Å²) in [6, 6.07) is 0. The maximum absolute atomic E-state index is 10.6. The number of likely N-dealkylation sites (N-methyl/N-ethyl adjacent to an activating group) is 1. The van der Waals surface area contributed by atoms with E-state index in [4.69, 9.17) is 0 Å². The molecule has 0 heterocycles. The van der Waals surface area contributed by atoms with E-state index in [2.05, 4.69) is 13.8 Å². The van der Waals surface area contributed by atoms with Gasteiger partial charge in [-0.15, -0.1) is 0 Å². The Morgan fingerprint density at radius 2 is 1.78 bits per heavy atom. The third kappa shape index (κ3) is 4.15. The van der Waals surface area contributed by atoms with E-state index in [-0.39, 0.29) is 5.78 Å². The number of ketones is 1. The molecule has 0 aromatic carbocycles. The first kappa shape index (κ1) is 8.63. The van der Waals surface area contributed by atoms with Crippen molar-refractivity contribution >= 4 is 5.78 Å². The molecule has 2 heteroatoms. The van der Waals surface area contributed by atoms with Crippen LogP contribution in [-0.2, 0) is 4.79 Å². The molecule has 2 nitrogen and oxygen atoms in total. The zero-order valence-electron chi connectivity index (χ0n) is 6.53. The van der Waals surface area contributed by atoms with Crippen molar-refractivity contribution in [1.29, 1.82) is 0 Å². The average molecular weight is 130 g/mol. The summed E-state index contributed by atoms with van der Waals surface area (Å²) in [6.45, 7) is 8.63. The van der Waals surface area contributed by atoms with Gasteiger partial charge in [0.2, 0.25) is 0 Å². The van der Waals surface area contributed by atoms with Crippen molar-refractivity contribution in [3.8, 4) is 0 Å². The fourth-order valence-corrected chi connectivity index (χ4v) is 0.852. The molecule has 0 saturated heterocycles. The number of carbonyl (C=O) groups excluding carboxylic acids is 1. The summed E-state index contributed by atoms with van der Waals surface area (Å²) in [5, 5.41) is 0. The maximum atomic E-state index is 10.6. The molecular weight excluding hydrogens is 114 g/mol. The smallest absolute Gasteiger partial charge is 0.183 e. The first-order chi connectivity index (χ1) is 4.20. The molecule has 0 aromatic rings. The van der Waals surface area contributed by atoms with Crippen molar-refractivity contribution in [2.75, 3.05) is 19.6 Å². The van der Waals surface area contributed by atoms with Crippen LogP contribution >= 0.6 is 0 Å². The van der Waals surface area contributed by atoms with Crippen molar-refractivity contribution in [2.24, 2.45) is 0 Å². The van der Waals surface area contributed by atoms with Crippen LogP contribution < -0.4 is 4.90 Å². The van der Waals surface area contributed by atoms with E-state index in [1.54, 1.807) is 6.92 Å². The number of carbonyl (C=O) groups is 1. The van der Waals surface area contributed by atoms with E-state index in [0.29, 0.717) is 6.54 Å². The van der Waals surface area contributed by atoms with Gasteiger partial charge in [0.05, 0.1) is 13.1 Å². The van der Waals surface area contributed by atoms with E-state index in [1.807, 2.05) is 0 Å². The zero-order chi connectivity index (χ0) is 7.28. The molecule has 0 spiro atoms. The fourth-order valence-electron chi connectivity index (χ4n) is 0.852. The van der Waals surface area contributed by atoms with Crippen LogP contribution in [0.4, 0.5) is 0 Å². The van der Waals surface area contributed by atoms with Gasteiger partial charge in [-0.1, -0.05) is 0 Å². The lowest BCUT2D eigenvalue weighted by Gasteiger charge is -2.12. The van der Waals surface area contributed by atoms with E-state index in [9.17, 15) is 4.79 Å². The minimum Gasteiger partial charge on any atom is -0.329 e. The summed E-state index contributed by atoms with van der Waals surface area (Å²) < 4.78 is 0. The van der Waals surface area contributed by atoms with Gasteiger partial charge in [-0.3, -0.25) is 4.79 Å². The number of quaternary nitrogens is 1. The molecule has 0 atom stereocenters. The Morgan fingerprint density at radius 1 is 1.33 bits per heavy atom. The Bertz CT molecular complexity index is 86.9. The highest BCUT2D eigenvalue weighted by atomic mass is 16.1. The predicted molar refractivity (Wildman–Crippen MR) is 37.6 cm³/mol. The summed E-state index contributed by atoms with van der Waals surface area (Å²) in [5.74, 6) is 0.286. The molecule has 0 amide bonds. The largest absolute Gasteiger partial charge is 0.329 e. The molecule has 0 aromatic heterocycles. The molecule has 0 radical (unpaired) electrons. The number of nitrogens with one attached hydrogen (secondary N) is 1. The Hall–Kier alpha value is -0.370. The second kappa shape index (κ2) is 4.50. The zero-order valence-corrected chi connectivity index (χ0v) is 6.53. The Morgan fingerprint density at radius 3 is 1.89 bits per heavy atom. The van der Waals surface area contributed by atoms with Crippen LogP contribution in [0.1, 0.15) is 20.8 Å². The molecule has 1 N–H and O–H groups in total. The first-order valence-corrected chi connectivity index (χ1v) is 3.53. The van der Waals surface area contributed by atoms with Crippen LogP contribution in [0.3, 0.4) is 0 Å². The highest BCUT2D eigenvalue weighted by Crippen LogP contribution is 1.57. The van der Waals surface area contributed by atoms with Gasteiger partial charge in [-0.2, -0.15) is 0 Å². The third-order valence-electron chi connectivity index (χ3n) is 1.50. The maximum Gasteiger partial charge on any atom is 0.183 e. The Balaban J connectivity index is 3.43. The Labute approximate surface area is 56.9 Å². The van der Waals surface area contributed by atoms with Crippen LogP contribution in [0.25, 0.3) is 0 Å². The standard InChI is InChI=1S/C7H15NO/c1-4-8(5-2)6-7(3)9/h4-6H2,1-3H3/p+1. The van der Waals surface area contributed by atoms with Crippen LogP contribution in [-0.4, -0.2) is 25.4 Å². The van der Waals surface area contributed by atoms with Crippen molar-refractivity contribution in [2.45, 2.75) is 20.8 Å². The molecule has 0 aliphatic carbocycles. The predicted octanol–water partition coefficient (Wildman–Crippen LogP) is -0.500.